The van der Waals surface area contributed by atoms with Gasteiger partial charge in [0.2, 0.25) is 0 Å². The number of hydrogen-bond acceptors (Lipinski definition) is 6. The minimum Gasteiger partial charge on any atom is -0.354 e. The Bertz CT molecular complexity index is 758. The molecule has 0 spiro atoms. The van der Waals surface area contributed by atoms with Crippen molar-refractivity contribution in [2.75, 3.05) is 19.0 Å². The molecule has 0 unspecified atom stereocenters. The van der Waals surface area contributed by atoms with Crippen LogP contribution in [0.2, 0.25) is 5.15 Å². The van der Waals surface area contributed by atoms with Crippen LogP contribution in [0.15, 0.2) is 17.8 Å². The van der Waals surface area contributed by atoms with Crippen molar-refractivity contribution in [3.63, 3.8) is 0 Å². The van der Waals surface area contributed by atoms with Crippen LogP contribution in [0.5, 0.6) is 0 Å². The summed E-state index contributed by atoms with van der Waals surface area (Å²) >= 11 is 9.46. The average molecular weight is 340 g/mol. The SMILES string of the molecule is Cc1csc(Cn2ccnc2-c2sc(N(C)C)nc2Cl)n1. The predicted octanol–water partition coefficient (Wildman–Crippen LogP) is 3.54. The summed E-state index contributed by atoms with van der Waals surface area (Å²) in [7, 11) is 3.90. The van der Waals surface area contributed by atoms with Crippen LogP contribution in [0.1, 0.15) is 10.7 Å². The number of rotatable bonds is 4. The lowest BCUT2D eigenvalue weighted by Gasteiger charge is -2.05. The molecule has 3 heterocycles. The summed E-state index contributed by atoms with van der Waals surface area (Å²) in [4.78, 5) is 16.1. The molecule has 5 nitrogen and oxygen atoms in total. The molecule has 0 aliphatic carbocycles. The maximum atomic E-state index is 6.27. The molecule has 8 heteroatoms. The molecule has 0 atom stereocenters. The van der Waals surface area contributed by atoms with Gasteiger partial charge < -0.3 is 9.47 Å². The van der Waals surface area contributed by atoms with Crippen LogP contribution >= 0.6 is 34.3 Å². The molecular weight excluding hydrogens is 326 g/mol. The molecule has 0 fully saturated rings. The second kappa shape index (κ2) is 5.75. The Labute approximate surface area is 135 Å². The van der Waals surface area contributed by atoms with Gasteiger partial charge in [0, 0.05) is 37.6 Å². The zero-order valence-corrected chi connectivity index (χ0v) is 14.3. The summed E-state index contributed by atoms with van der Waals surface area (Å²) in [6.45, 7) is 2.69. The number of thiazole rings is 2. The summed E-state index contributed by atoms with van der Waals surface area (Å²) in [6.07, 6.45) is 3.72. The molecule has 0 saturated carbocycles. The predicted molar refractivity (Wildman–Crippen MR) is 88.6 cm³/mol. The van der Waals surface area contributed by atoms with Crippen molar-refractivity contribution >= 4 is 39.4 Å². The normalized spacial score (nSPS) is 11.0. The first-order valence-corrected chi connectivity index (χ1v) is 8.38. The Hall–Kier alpha value is -1.44. The molecular formula is C13H14ClN5S2. The third kappa shape index (κ3) is 2.95. The minimum atomic E-state index is 0.492. The van der Waals surface area contributed by atoms with Crippen LogP contribution in [0.25, 0.3) is 10.7 Å². The zero-order chi connectivity index (χ0) is 15.0. The minimum absolute atomic E-state index is 0.492. The summed E-state index contributed by atoms with van der Waals surface area (Å²) in [5, 5.41) is 4.47. The standard InChI is InChI=1S/C13H14ClN5S2/c1-8-7-20-9(16-8)6-19-5-4-15-12(19)10-11(14)17-13(21-10)18(2)3/h4-5,7H,6H2,1-3H3. The summed E-state index contributed by atoms with van der Waals surface area (Å²) in [6, 6.07) is 0. The molecule has 0 aliphatic heterocycles. The van der Waals surface area contributed by atoms with E-state index in [4.69, 9.17) is 11.6 Å². The number of aromatic nitrogens is 4. The van der Waals surface area contributed by atoms with E-state index in [-0.39, 0.29) is 0 Å². The van der Waals surface area contributed by atoms with Crippen molar-refractivity contribution in [3.05, 3.63) is 33.6 Å². The molecule has 21 heavy (non-hydrogen) atoms. The zero-order valence-electron chi connectivity index (χ0n) is 11.9. The summed E-state index contributed by atoms with van der Waals surface area (Å²) in [5.74, 6) is 0.832. The smallest absolute Gasteiger partial charge is 0.186 e. The van der Waals surface area contributed by atoms with E-state index in [2.05, 4.69) is 24.9 Å². The van der Waals surface area contributed by atoms with Crippen molar-refractivity contribution in [3.8, 4) is 10.7 Å². The first-order valence-electron chi connectivity index (χ1n) is 6.30. The van der Waals surface area contributed by atoms with Crippen LogP contribution in [0.4, 0.5) is 5.13 Å². The highest BCUT2D eigenvalue weighted by Gasteiger charge is 2.17. The van der Waals surface area contributed by atoms with Gasteiger partial charge in [0.25, 0.3) is 0 Å². The Morgan fingerprint density at radius 3 is 2.76 bits per heavy atom. The molecule has 0 aliphatic rings. The van der Waals surface area contributed by atoms with Gasteiger partial charge in [-0.25, -0.2) is 15.0 Å². The number of imidazole rings is 1. The highest BCUT2D eigenvalue weighted by Crippen LogP contribution is 2.36. The topological polar surface area (TPSA) is 46.8 Å². The molecule has 0 aromatic carbocycles. The second-order valence-corrected chi connectivity index (χ2v) is 7.05. The number of anilines is 1. The molecule has 0 saturated heterocycles. The van der Waals surface area contributed by atoms with Crippen molar-refractivity contribution in [1.29, 1.82) is 0 Å². The quantitative estimate of drug-likeness (QED) is 0.729. The molecule has 0 amide bonds. The first-order chi connectivity index (χ1) is 10.0. The Morgan fingerprint density at radius 2 is 2.14 bits per heavy atom. The highest BCUT2D eigenvalue weighted by atomic mass is 35.5. The largest absolute Gasteiger partial charge is 0.354 e. The Balaban J connectivity index is 1.95. The van der Waals surface area contributed by atoms with Crippen LogP contribution in [0, 0.1) is 6.92 Å². The van der Waals surface area contributed by atoms with Gasteiger partial charge in [-0.2, -0.15) is 0 Å². The fraction of sp³-hybridized carbons (Fsp3) is 0.308. The van der Waals surface area contributed by atoms with Crippen LogP contribution in [-0.4, -0.2) is 33.6 Å². The van der Waals surface area contributed by atoms with Crippen LogP contribution < -0.4 is 4.90 Å². The van der Waals surface area contributed by atoms with Gasteiger partial charge in [-0.05, 0) is 6.92 Å². The molecule has 0 N–H and O–H groups in total. The van der Waals surface area contributed by atoms with E-state index in [1.165, 1.54) is 11.3 Å². The van der Waals surface area contributed by atoms with Crippen molar-refractivity contribution in [2.24, 2.45) is 0 Å². The molecule has 110 valence electrons. The van der Waals surface area contributed by atoms with Crippen LogP contribution in [0.3, 0.4) is 0 Å². The molecule has 3 aromatic rings. The van der Waals surface area contributed by atoms with Crippen LogP contribution in [-0.2, 0) is 6.54 Å². The van der Waals surface area contributed by atoms with Gasteiger partial charge in [0.15, 0.2) is 16.1 Å². The van der Waals surface area contributed by atoms with Gasteiger partial charge in [0.05, 0.1) is 6.54 Å². The van der Waals surface area contributed by atoms with E-state index in [1.54, 1.807) is 17.5 Å². The van der Waals surface area contributed by atoms with E-state index in [0.717, 1.165) is 26.5 Å². The van der Waals surface area contributed by atoms with Gasteiger partial charge in [0.1, 0.15) is 9.88 Å². The Morgan fingerprint density at radius 1 is 1.33 bits per heavy atom. The van der Waals surface area contributed by atoms with E-state index >= 15 is 0 Å². The molecule has 0 bridgehead atoms. The van der Waals surface area contributed by atoms with Crippen molar-refractivity contribution < 1.29 is 0 Å². The third-order valence-corrected chi connectivity index (χ3v) is 5.40. The van der Waals surface area contributed by atoms with Crippen molar-refractivity contribution in [2.45, 2.75) is 13.5 Å². The monoisotopic (exact) mass is 339 g/mol. The number of nitrogens with zero attached hydrogens (tertiary/aromatic N) is 5. The highest BCUT2D eigenvalue weighted by molar-refractivity contribution is 7.19. The maximum absolute atomic E-state index is 6.27. The van der Waals surface area contributed by atoms with Gasteiger partial charge in [-0.15, -0.1) is 11.3 Å². The first kappa shape index (κ1) is 14.5. The van der Waals surface area contributed by atoms with E-state index in [1.807, 2.05) is 32.1 Å². The lowest BCUT2D eigenvalue weighted by Crippen LogP contribution is -2.07. The van der Waals surface area contributed by atoms with E-state index in [9.17, 15) is 0 Å². The molecule has 3 aromatic heterocycles. The maximum Gasteiger partial charge on any atom is 0.186 e. The van der Waals surface area contributed by atoms with Crippen molar-refractivity contribution in [1.82, 2.24) is 19.5 Å². The lowest BCUT2D eigenvalue weighted by molar-refractivity contribution is 0.798. The van der Waals surface area contributed by atoms with Gasteiger partial charge in [-0.1, -0.05) is 22.9 Å². The number of hydrogen-bond donors (Lipinski definition) is 0. The fourth-order valence-corrected chi connectivity index (χ4v) is 3.88. The Kier molecular flexibility index (Phi) is 3.97. The summed E-state index contributed by atoms with van der Waals surface area (Å²) in [5.41, 5.74) is 1.04. The van der Waals surface area contributed by atoms with E-state index < -0.39 is 0 Å². The number of halogens is 1. The summed E-state index contributed by atoms with van der Waals surface area (Å²) < 4.78 is 2.05. The second-order valence-electron chi connectivity index (χ2n) is 4.77. The number of aryl methyl sites for hydroxylation is 1. The third-order valence-electron chi connectivity index (χ3n) is 2.85. The van der Waals surface area contributed by atoms with Gasteiger partial charge >= 0.3 is 0 Å². The van der Waals surface area contributed by atoms with E-state index in [0.29, 0.717) is 11.7 Å². The molecule has 0 radical (unpaired) electrons. The van der Waals surface area contributed by atoms with Gasteiger partial charge in [-0.3, -0.25) is 0 Å². The lowest BCUT2D eigenvalue weighted by atomic mass is 10.5. The molecule has 3 rings (SSSR count). The fourth-order valence-electron chi connectivity index (χ4n) is 1.89. The average Bonchev–Trinajstić information content (AvgIpc) is 3.11.